The van der Waals surface area contributed by atoms with Crippen molar-refractivity contribution in [2.24, 2.45) is 0 Å². The summed E-state index contributed by atoms with van der Waals surface area (Å²) in [6, 6.07) is 16.3. The van der Waals surface area contributed by atoms with Gasteiger partial charge in [0.2, 0.25) is 0 Å². The van der Waals surface area contributed by atoms with Crippen LogP contribution in [-0.2, 0) is 4.79 Å². The van der Waals surface area contributed by atoms with Gasteiger partial charge >= 0.3 is 0 Å². The Bertz CT molecular complexity index is 652. The quantitative estimate of drug-likeness (QED) is 0.768. The number of anilines is 1. The van der Waals surface area contributed by atoms with Crippen LogP contribution in [0.15, 0.2) is 54.6 Å². The van der Waals surface area contributed by atoms with E-state index in [1.807, 2.05) is 37.3 Å². The molecule has 4 nitrogen and oxygen atoms in total. The summed E-state index contributed by atoms with van der Waals surface area (Å²) in [5, 5.41) is 0. The van der Waals surface area contributed by atoms with Gasteiger partial charge in [-0.25, -0.2) is 0 Å². The van der Waals surface area contributed by atoms with E-state index in [0.29, 0.717) is 17.9 Å². The molecule has 114 valence electrons. The number of carbonyl (C=O) groups is 2. The summed E-state index contributed by atoms with van der Waals surface area (Å²) in [6.45, 7) is 3.92. The van der Waals surface area contributed by atoms with Crippen LogP contribution in [-0.4, -0.2) is 24.8 Å². The Balaban J connectivity index is 2.03. The lowest BCUT2D eigenvalue weighted by Crippen LogP contribution is -2.34. The predicted octanol–water partition coefficient (Wildman–Crippen LogP) is 3.32. The number of carbonyl (C=O) groups excluding carboxylic acids is 2. The van der Waals surface area contributed by atoms with Gasteiger partial charge in [0.25, 0.3) is 5.91 Å². The van der Waals surface area contributed by atoms with Gasteiger partial charge in [-0.1, -0.05) is 30.3 Å². The number of hydrogen-bond acceptors (Lipinski definition) is 3. The first-order chi connectivity index (χ1) is 10.6. The van der Waals surface area contributed by atoms with E-state index < -0.39 is 0 Å². The van der Waals surface area contributed by atoms with Crippen molar-refractivity contribution in [3.8, 4) is 5.75 Å². The molecule has 1 amide bonds. The number of Topliss-reactive ketones (excluding diaryl/α,β-unsaturated/α-hetero) is 1. The van der Waals surface area contributed by atoms with Crippen LogP contribution in [0.1, 0.15) is 24.2 Å². The summed E-state index contributed by atoms with van der Waals surface area (Å²) in [6.07, 6.45) is 0. The minimum Gasteiger partial charge on any atom is -0.484 e. The molecule has 0 aliphatic rings. The van der Waals surface area contributed by atoms with E-state index in [0.717, 1.165) is 5.69 Å². The third kappa shape index (κ3) is 3.95. The monoisotopic (exact) mass is 297 g/mol. The molecule has 2 aromatic carbocycles. The van der Waals surface area contributed by atoms with Gasteiger partial charge in [0.05, 0.1) is 0 Å². The van der Waals surface area contributed by atoms with Gasteiger partial charge in [-0.3, -0.25) is 9.59 Å². The molecule has 2 rings (SSSR count). The van der Waals surface area contributed by atoms with Gasteiger partial charge in [0.15, 0.2) is 12.4 Å². The molecule has 4 heteroatoms. The SMILES string of the molecule is CCN(C(=O)COc1cccc(C(C)=O)c1)c1ccccc1. The van der Waals surface area contributed by atoms with Gasteiger partial charge in [-0.2, -0.15) is 0 Å². The lowest BCUT2D eigenvalue weighted by Gasteiger charge is -2.21. The van der Waals surface area contributed by atoms with E-state index >= 15 is 0 Å². The fourth-order valence-corrected chi connectivity index (χ4v) is 2.14. The first-order valence-electron chi connectivity index (χ1n) is 7.21. The molecule has 0 saturated carbocycles. The number of hydrogen-bond donors (Lipinski definition) is 0. The molecule has 0 aliphatic heterocycles. The van der Waals surface area contributed by atoms with Gasteiger partial charge in [0.1, 0.15) is 5.75 Å². The maximum atomic E-state index is 12.3. The molecule has 22 heavy (non-hydrogen) atoms. The number of ketones is 1. The van der Waals surface area contributed by atoms with Crippen molar-refractivity contribution in [3.05, 3.63) is 60.2 Å². The predicted molar refractivity (Wildman–Crippen MR) is 86.4 cm³/mol. The fraction of sp³-hybridized carbons (Fsp3) is 0.222. The topological polar surface area (TPSA) is 46.6 Å². The molecular formula is C18H19NO3. The number of benzene rings is 2. The Hall–Kier alpha value is -2.62. The highest BCUT2D eigenvalue weighted by molar-refractivity contribution is 5.95. The van der Waals surface area contributed by atoms with Crippen molar-refractivity contribution in [3.63, 3.8) is 0 Å². The fourth-order valence-electron chi connectivity index (χ4n) is 2.14. The minimum absolute atomic E-state index is 0.0313. The second-order valence-electron chi connectivity index (χ2n) is 4.85. The molecule has 0 aliphatic carbocycles. The summed E-state index contributed by atoms with van der Waals surface area (Å²) in [4.78, 5) is 25.3. The Kier molecular flexibility index (Phi) is 5.31. The summed E-state index contributed by atoms with van der Waals surface area (Å²) < 4.78 is 5.52. The molecule has 0 spiro atoms. The third-order valence-corrected chi connectivity index (χ3v) is 3.29. The van der Waals surface area contributed by atoms with Gasteiger partial charge in [0, 0.05) is 17.8 Å². The van der Waals surface area contributed by atoms with Gasteiger partial charge < -0.3 is 9.64 Å². The van der Waals surface area contributed by atoms with E-state index in [2.05, 4.69) is 0 Å². The Morgan fingerprint density at radius 1 is 1.05 bits per heavy atom. The first kappa shape index (κ1) is 15.8. The van der Waals surface area contributed by atoms with Crippen molar-refractivity contribution in [2.75, 3.05) is 18.1 Å². The highest BCUT2D eigenvalue weighted by Crippen LogP contribution is 2.16. The van der Waals surface area contributed by atoms with Gasteiger partial charge in [-0.05, 0) is 38.1 Å². The molecular weight excluding hydrogens is 278 g/mol. The minimum atomic E-state index is -0.123. The summed E-state index contributed by atoms with van der Waals surface area (Å²) in [7, 11) is 0. The van der Waals surface area contributed by atoms with E-state index in [9.17, 15) is 9.59 Å². The average Bonchev–Trinajstić information content (AvgIpc) is 2.55. The highest BCUT2D eigenvalue weighted by Gasteiger charge is 2.14. The van der Waals surface area contributed by atoms with Crippen molar-refractivity contribution >= 4 is 17.4 Å². The molecule has 0 saturated heterocycles. The van der Waals surface area contributed by atoms with Crippen molar-refractivity contribution in [1.82, 2.24) is 0 Å². The molecule has 0 aromatic heterocycles. The number of likely N-dealkylation sites (N-methyl/N-ethyl adjacent to an activating group) is 1. The summed E-state index contributed by atoms with van der Waals surface area (Å²) in [5.41, 5.74) is 1.41. The molecule has 0 fully saturated rings. The Labute approximate surface area is 130 Å². The van der Waals surface area contributed by atoms with Crippen molar-refractivity contribution < 1.29 is 14.3 Å². The maximum Gasteiger partial charge on any atom is 0.264 e. The number of ether oxygens (including phenoxy) is 1. The number of amides is 1. The molecule has 0 unspecified atom stereocenters. The second-order valence-corrected chi connectivity index (χ2v) is 4.85. The molecule has 0 radical (unpaired) electrons. The van der Waals surface area contributed by atoms with Gasteiger partial charge in [-0.15, -0.1) is 0 Å². The van der Waals surface area contributed by atoms with E-state index in [4.69, 9.17) is 4.74 Å². The van der Waals surface area contributed by atoms with Crippen molar-refractivity contribution in [1.29, 1.82) is 0 Å². The average molecular weight is 297 g/mol. The second kappa shape index (κ2) is 7.41. The van der Waals surface area contributed by atoms with Crippen LogP contribution in [0.2, 0.25) is 0 Å². The standard InChI is InChI=1S/C18H19NO3/c1-3-19(16-9-5-4-6-10-16)18(21)13-22-17-11-7-8-15(12-17)14(2)20/h4-12H,3,13H2,1-2H3. The molecule has 0 atom stereocenters. The maximum absolute atomic E-state index is 12.3. The van der Waals surface area contributed by atoms with Crippen LogP contribution in [0.4, 0.5) is 5.69 Å². The smallest absolute Gasteiger partial charge is 0.264 e. The Morgan fingerprint density at radius 2 is 1.77 bits per heavy atom. The molecule has 0 N–H and O–H groups in total. The zero-order chi connectivity index (χ0) is 15.9. The Morgan fingerprint density at radius 3 is 2.41 bits per heavy atom. The van der Waals surface area contributed by atoms with E-state index in [-0.39, 0.29) is 18.3 Å². The highest BCUT2D eigenvalue weighted by atomic mass is 16.5. The van der Waals surface area contributed by atoms with Crippen LogP contribution in [0.5, 0.6) is 5.75 Å². The van der Waals surface area contributed by atoms with Crippen LogP contribution >= 0.6 is 0 Å². The van der Waals surface area contributed by atoms with Crippen LogP contribution in [0, 0.1) is 0 Å². The zero-order valence-electron chi connectivity index (χ0n) is 12.8. The molecule has 0 bridgehead atoms. The lowest BCUT2D eigenvalue weighted by atomic mass is 10.1. The van der Waals surface area contributed by atoms with Crippen LogP contribution in [0.3, 0.4) is 0 Å². The summed E-state index contributed by atoms with van der Waals surface area (Å²) in [5.74, 6) is 0.364. The number of nitrogens with zero attached hydrogens (tertiary/aromatic N) is 1. The number of rotatable bonds is 6. The molecule has 2 aromatic rings. The first-order valence-corrected chi connectivity index (χ1v) is 7.21. The van der Waals surface area contributed by atoms with Crippen LogP contribution < -0.4 is 9.64 Å². The molecule has 0 heterocycles. The van der Waals surface area contributed by atoms with E-state index in [1.54, 1.807) is 29.2 Å². The van der Waals surface area contributed by atoms with Crippen LogP contribution in [0.25, 0.3) is 0 Å². The van der Waals surface area contributed by atoms with E-state index in [1.165, 1.54) is 6.92 Å². The zero-order valence-corrected chi connectivity index (χ0v) is 12.8. The largest absolute Gasteiger partial charge is 0.484 e. The third-order valence-electron chi connectivity index (χ3n) is 3.29. The normalized spacial score (nSPS) is 10.1. The lowest BCUT2D eigenvalue weighted by molar-refractivity contribution is -0.120. The summed E-state index contributed by atoms with van der Waals surface area (Å²) >= 11 is 0. The van der Waals surface area contributed by atoms with Crippen molar-refractivity contribution in [2.45, 2.75) is 13.8 Å². The number of para-hydroxylation sites is 1.